The molecule has 1 fully saturated rings. The van der Waals surface area contributed by atoms with Crippen molar-refractivity contribution in [2.45, 2.75) is 11.7 Å². The highest BCUT2D eigenvalue weighted by Gasteiger charge is 2.40. The van der Waals surface area contributed by atoms with E-state index in [1.807, 2.05) is 6.07 Å². The molecule has 9 heteroatoms. The highest BCUT2D eigenvalue weighted by molar-refractivity contribution is 8.15. The highest BCUT2D eigenvalue weighted by Crippen LogP contribution is 2.32. The maximum absolute atomic E-state index is 12.8. The maximum atomic E-state index is 12.8. The number of aliphatic imine (C=N–C) groups is 1. The van der Waals surface area contributed by atoms with Gasteiger partial charge in [0.2, 0.25) is 11.8 Å². The molecule has 0 aromatic heterocycles. The smallest absolute Gasteiger partial charge is 0.247 e. The molecule has 0 spiro atoms. The van der Waals surface area contributed by atoms with Crippen molar-refractivity contribution in [3.05, 3.63) is 59.1 Å². The van der Waals surface area contributed by atoms with E-state index in [-0.39, 0.29) is 17.5 Å². The van der Waals surface area contributed by atoms with Crippen molar-refractivity contribution < 1.29 is 9.59 Å². The summed E-state index contributed by atoms with van der Waals surface area (Å²) < 4.78 is 0. The molecule has 0 unspecified atom stereocenters. The SMILES string of the molecule is N#CNC(=Nc1ccccc1Cl)S[C@H]1CC(=O)N(c2ccc(C#N)cc2)C1=O. The normalized spacial score (nSPS) is 16.6. The molecule has 2 amide bonds. The molecule has 0 radical (unpaired) electrons. The molecular weight excluding hydrogens is 398 g/mol. The molecule has 0 aliphatic carbocycles. The summed E-state index contributed by atoms with van der Waals surface area (Å²) in [5.41, 5.74) is 1.27. The minimum Gasteiger partial charge on any atom is -0.274 e. The summed E-state index contributed by atoms with van der Waals surface area (Å²) in [6.07, 6.45) is 1.75. The monoisotopic (exact) mass is 409 g/mol. The van der Waals surface area contributed by atoms with Crippen LogP contribution in [0.2, 0.25) is 5.02 Å². The summed E-state index contributed by atoms with van der Waals surface area (Å²) in [5, 5.41) is 20.1. The van der Waals surface area contributed by atoms with E-state index in [4.69, 9.17) is 22.1 Å². The number of hydrogen-bond donors (Lipinski definition) is 1. The lowest BCUT2D eigenvalue weighted by Gasteiger charge is -2.15. The number of nitriles is 2. The Morgan fingerprint density at radius 3 is 2.54 bits per heavy atom. The number of benzene rings is 2. The number of amidine groups is 1. The van der Waals surface area contributed by atoms with Crippen LogP contribution in [0.4, 0.5) is 11.4 Å². The zero-order valence-electron chi connectivity index (χ0n) is 14.3. The first-order chi connectivity index (χ1) is 13.5. The molecule has 7 nitrogen and oxygen atoms in total. The number of nitrogens with zero attached hydrogens (tertiary/aromatic N) is 4. The molecule has 138 valence electrons. The van der Waals surface area contributed by atoms with Crippen LogP contribution in [0.5, 0.6) is 0 Å². The average Bonchev–Trinajstić information content (AvgIpc) is 2.97. The van der Waals surface area contributed by atoms with Gasteiger partial charge in [-0.3, -0.25) is 14.9 Å². The van der Waals surface area contributed by atoms with Gasteiger partial charge >= 0.3 is 0 Å². The predicted molar refractivity (Wildman–Crippen MR) is 107 cm³/mol. The van der Waals surface area contributed by atoms with Gasteiger partial charge in [-0.2, -0.15) is 10.5 Å². The van der Waals surface area contributed by atoms with Crippen LogP contribution in [0.3, 0.4) is 0 Å². The second-order valence-electron chi connectivity index (χ2n) is 5.64. The molecule has 1 aliphatic heterocycles. The molecule has 28 heavy (non-hydrogen) atoms. The topological polar surface area (TPSA) is 109 Å². The fraction of sp³-hybridized carbons (Fsp3) is 0.105. The lowest BCUT2D eigenvalue weighted by molar-refractivity contribution is -0.121. The van der Waals surface area contributed by atoms with Gasteiger partial charge in [-0.25, -0.2) is 9.89 Å². The van der Waals surface area contributed by atoms with E-state index in [9.17, 15) is 9.59 Å². The van der Waals surface area contributed by atoms with E-state index in [1.54, 1.807) is 42.6 Å². The van der Waals surface area contributed by atoms with Gasteiger partial charge in [-0.15, -0.1) is 0 Å². The van der Waals surface area contributed by atoms with Gasteiger partial charge in [0.15, 0.2) is 11.4 Å². The Bertz CT molecular complexity index is 1040. The van der Waals surface area contributed by atoms with Crippen LogP contribution < -0.4 is 10.2 Å². The molecule has 1 N–H and O–H groups in total. The van der Waals surface area contributed by atoms with Gasteiger partial charge in [0.05, 0.1) is 28.0 Å². The number of halogens is 1. The molecule has 1 heterocycles. The van der Waals surface area contributed by atoms with E-state index in [1.165, 1.54) is 12.1 Å². The minimum atomic E-state index is -0.731. The van der Waals surface area contributed by atoms with E-state index in [2.05, 4.69) is 10.3 Å². The second-order valence-corrected chi connectivity index (χ2v) is 7.24. The Labute approximate surface area is 170 Å². The molecule has 2 aromatic carbocycles. The van der Waals surface area contributed by atoms with Crippen molar-refractivity contribution in [1.29, 1.82) is 10.5 Å². The van der Waals surface area contributed by atoms with Gasteiger partial charge in [0, 0.05) is 6.42 Å². The number of anilines is 1. The number of carbonyl (C=O) groups is 2. The van der Waals surface area contributed by atoms with E-state index in [0.29, 0.717) is 22.0 Å². The number of carbonyl (C=O) groups excluding carboxylic acids is 2. The summed E-state index contributed by atoms with van der Waals surface area (Å²) in [7, 11) is 0. The maximum Gasteiger partial charge on any atom is 0.247 e. The molecule has 0 bridgehead atoms. The fourth-order valence-electron chi connectivity index (χ4n) is 2.57. The third kappa shape index (κ3) is 4.15. The summed E-state index contributed by atoms with van der Waals surface area (Å²) in [6, 6.07) is 15.0. The molecule has 2 aromatic rings. The van der Waals surface area contributed by atoms with Gasteiger partial charge in [0.25, 0.3) is 0 Å². The van der Waals surface area contributed by atoms with Crippen LogP contribution in [0.1, 0.15) is 12.0 Å². The Morgan fingerprint density at radius 1 is 1.18 bits per heavy atom. The zero-order valence-corrected chi connectivity index (χ0v) is 15.9. The first-order valence-electron chi connectivity index (χ1n) is 8.05. The van der Waals surface area contributed by atoms with Gasteiger partial charge in [0.1, 0.15) is 5.25 Å². The lowest BCUT2D eigenvalue weighted by atomic mass is 10.2. The summed E-state index contributed by atoms with van der Waals surface area (Å²) in [4.78, 5) is 30.5. The van der Waals surface area contributed by atoms with Crippen LogP contribution in [0, 0.1) is 22.8 Å². The number of hydrogen-bond acceptors (Lipinski definition) is 6. The molecule has 3 rings (SSSR count). The first kappa shape index (κ1) is 19.4. The van der Waals surface area contributed by atoms with E-state index in [0.717, 1.165) is 16.7 Å². The largest absolute Gasteiger partial charge is 0.274 e. The van der Waals surface area contributed by atoms with Crippen molar-refractivity contribution in [2.75, 3.05) is 4.90 Å². The fourth-order valence-corrected chi connectivity index (χ4v) is 3.71. The predicted octanol–water partition coefficient (Wildman–Crippen LogP) is 3.34. The quantitative estimate of drug-likeness (QED) is 0.274. The van der Waals surface area contributed by atoms with E-state index < -0.39 is 11.2 Å². The molecular formula is C19H12ClN5O2S. The number of imide groups is 1. The highest BCUT2D eigenvalue weighted by atomic mass is 35.5. The number of thioether (sulfide) groups is 1. The van der Waals surface area contributed by atoms with Crippen LogP contribution in [0.15, 0.2) is 53.5 Å². The number of amides is 2. The Kier molecular flexibility index (Phi) is 5.95. The van der Waals surface area contributed by atoms with Crippen LogP contribution in [0.25, 0.3) is 0 Å². The summed E-state index contributed by atoms with van der Waals surface area (Å²) in [6.45, 7) is 0. The van der Waals surface area contributed by atoms with Crippen molar-refractivity contribution in [2.24, 2.45) is 4.99 Å². The van der Waals surface area contributed by atoms with Gasteiger partial charge < -0.3 is 0 Å². The molecule has 1 saturated heterocycles. The Morgan fingerprint density at radius 2 is 1.89 bits per heavy atom. The Balaban J connectivity index is 1.82. The van der Waals surface area contributed by atoms with Crippen molar-refractivity contribution in [3.63, 3.8) is 0 Å². The number of nitrogens with one attached hydrogen (secondary N) is 1. The Hall–Kier alpha value is -3.33. The van der Waals surface area contributed by atoms with Crippen molar-refractivity contribution in [1.82, 2.24) is 5.32 Å². The number of rotatable bonds is 3. The lowest BCUT2D eigenvalue weighted by Crippen LogP contribution is -2.32. The molecule has 1 atom stereocenters. The van der Waals surface area contributed by atoms with Crippen LogP contribution in [-0.2, 0) is 9.59 Å². The zero-order chi connectivity index (χ0) is 20.1. The molecule has 0 saturated carbocycles. The van der Waals surface area contributed by atoms with Crippen molar-refractivity contribution >= 4 is 51.7 Å². The van der Waals surface area contributed by atoms with E-state index >= 15 is 0 Å². The minimum absolute atomic E-state index is 0.0296. The summed E-state index contributed by atoms with van der Waals surface area (Å²) >= 11 is 7.08. The van der Waals surface area contributed by atoms with Gasteiger partial charge in [-0.1, -0.05) is 35.5 Å². The van der Waals surface area contributed by atoms with Crippen LogP contribution in [-0.4, -0.2) is 22.2 Å². The van der Waals surface area contributed by atoms with Crippen molar-refractivity contribution in [3.8, 4) is 12.3 Å². The van der Waals surface area contributed by atoms with Crippen LogP contribution >= 0.6 is 23.4 Å². The number of para-hydroxylation sites is 1. The first-order valence-corrected chi connectivity index (χ1v) is 9.31. The molecule has 1 aliphatic rings. The standard InChI is InChI=1S/C19H12ClN5O2S/c20-14-3-1-2-4-15(14)24-19(23-11-22)28-16-9-17(26)25(18(16)27)13-7-5-12(10-21)6-8-13/h1-8,16H,9H2,(H,23,24)/t16-/m0/s1. The summed E-state index contributed by atoms with van der Waals surface area (Å²) in [5.74, 6) is -0.771. The van der Waals surface area contributed by atoms with Gasteiger partial charge in [-0.05, 0) is 36.4 Å². The third-order valence-corrected chi connectivity index (χ3v) is 5.24. The second kappa shape index (κ2) is 8.57. The third-order valence-electron chi connectivity index (χ3n) is 3.85. The average molecular weight is 410 g/mol.